The lowest BCUT2D eigenvalue weighted by Gasteiger charge is -2.29. The number of amides is 3. The minimum Gasteiger partial charge on any atom is -0.352 e. The van der Waals surface area contributed by atoms with Gasteiger partial charge in [0.15, 0.2) is 0 Å². The van der Waals surface area contributed by atoms with Crippen molar-refractivity contribution in [2.75, 3.05) is 26.2 Å². The lowest BCUT2D eigenvalue weighted by molar-refractivity contribution is -0.132. The molecule has 6 nitrogen and oxygen atoms in total. The highest BCUT2D eigenvalue weighted by atomic mass is 16.2. The molecule has 1 aliphatic heterocycles. The Morgan fingerprint density at radius 2 is 2.00 bits per heavy atom. The highest BCUT2D eigenvalue weighted by Gasteiger charge is 2.23. The van der Waals surface area contributed by atoms with Gasteiger partial charge in [-0.05, 0) is 18.1 Å². The van der Waals surface area contributed by atoms with Crippen molar-refractivity contribution >= 4 is 11.9 Å². The maximum Gasteiger partial charge on any atom is 0.312 e. The van der Waals surface area contributed by atoms with Gasteiger partial charge in [-0.1, -0.05) is 24.3 Å². The Balaban J connectivity index is 2.11. The van der Waals surface area contributed by atoms with Gasteiger partial charge >= 0.3 is 6.03 Å². The van der Waals surface area contributed by atoms with Crippen LogP contribution in [0.15, 0.2) is 24.3 Å². The molecule has 1 aromatic rings. The fourth-order valence-electron chi connectivity index (χ4n) is 2.61. The number of primary amides is 1. The van der Waals surface area contributed by atoms with Gasteiger partial charge in [0.1, 0.15) is 0 Å². The molecule has 0 unspecified atom stereocenters. The van der Waals surface area contributed by atoms with Crippen molar-refractivity contribution in [1.82, 2.24) is 15.5 Å². The fraction of sp³-hybridized carbons (Fsp3) is 0.467. The van der Waals surface area contributed by atoms with Gasteiger partial charge in [0.2, 0.25) is 5.91 Å². The van der Waals surface area contributed by atoms with Gasteiger partial charge in [-0.25, -0.2) is 4.79 Å². The molecule has 1 atom stereocenters. The van der Waals surface area contributed by atoms with Gasteiger partial charge in [-0.3, -0.25) is 4.79 Å². The zero-order valence-corrected chi connectivity index (χ0v) is 12.3. The number of nitrogens with zero attached hydrogens (tertiary/aromatic N) is 1. The number of carbonyl (C=O) groups excluding carboxylic acids is 2. The number of hydrogen-bond acceptors (Lipinski definition) is 3. The first kappa shape index (κ1) is 15.3. The third-order valence-corrected chi connectivity index (χ3v) is 3.73. The molecule has 0 radical (unpaired) electrons. The summed E-state index contributed by atoms with van der Waals surface area (Å²) in [7, 11) is 0. The van der Waals surface area contributed by atoms with Crippen molar-refractivity contribution in [3.05, 3.63) is 35.4 Å². The second-order valence-electron chi connectivity index (χ2n) is 5.25. The summed E-state index contributed by atoms with van der Waals surface area (Å²) in [5.41, 5.74) is 7.21. The molecule has 0 bridgehead atoms. The minimum absolute atomic E-state index is 0.0403. The lowest BCUT2D eigenvalue weighted by Crippen LogP contribution is -2.47. The second kappa shape index (κ2) is 7.08. The summed E-state index contributed by atoms with van der Waals surface area (Å²) in [5, 5.41) is 5.90. The summed E-state index contributed by atoms with van der Waals surface area (Å²) in [6, 6.07) is 6.70. The number of rotatable bonds is 4. The molecular formula is C15H22N4O2. The van der Waals surface area contributed by atoms with Crippen molar-refractivity contribution in [2.45, 2.75) is 19.4 Å². The molecule has 1 aromatic carbocycles. The Bertz CT molecular complexity index is 512. The lowest BCUT2D eigenvalue weighted by atomic mass is 9.98. The van der Waals surface area contributed by atoms with E-state index in [9.17, 15) is 9.59 Å². The van der Waals surface area contributed by atoms with Crippen LogP contribution in [0.5, 0.6) is 0 Å². The molecule has 114 valence electrons. The van der Waals surface area contributed by atoms with E-state index in [4.69, 9.17) is 5.73 Å². The Morgan fingerprint density at radius 1 is 1.33 bits per heavy atom. The number of nitrogens with one attached hydrogen (secondary N) is 2. The average Bonchev–Trinajstić information content (AvgIpc) is 2.47. The normalized spacial score (nSPS) is 16.3. The van der Waals surface area contributed by atoms with Crippen molar-refractivity contribution in [2.24, 2.45) is 5.73 Å². The van der Waals surface area contributed by atoms with Crippen molar-refractivity contribution < 1.29 is 9.59 Å². The van der Waals surface area contributed by atoms with Crippen LogP contribution in [0.3, 0.4) is 0 Å². The van der Waals surface area contributed by atoms with E-state index in [0.29, 0.717) is 13.1 Å². The highest BCUT2D eigenvalue weighted by Crippen LogP contribution is 2.21. The summed E-state index contributed by atoms with van der Waals surface area (Å²) >= 11 is 0. The average molecular weight is 290 g/mol. The van der Waals surface area contributed by atoms with Crippen LogP contribution in [0, 0.1) is 6.92 Å². The van der Waals surface area contributed by atoms with E-state index in [1.165, 1.54) is 0 Å². The van der Waals surface area contributed by atoms with Crippen LogP contribution in [0.25, 0.3) is 0 Å². The van der Waals surface area contributed by atoms with Gasteiger partial charge in [0.25, 0.3) is 0 Å². The molecule has 3 amide bonds. The van der Waals surface area contributed by atoms with E-state index in [2.05, 4.69) is 10.6 Å². The maximum absolute atomic E-state index is 12.4. The van der Waals surface area contributed by atoms with Gasteiger partial charge in [0, 0.05) is 26.2 Å². The molecule has 1 fully saturated rings. The quantitative estimate of drug-likeness (QED) is 0.755. The third-order valence-electron chi connectivity index (χ3n) is 3.73. The Hall–Kier alpha value is -2.08. The number of aryl methyl sites for hydroxylation is 1. The number of piperazine rings is 1. The van der Waals surface area contributed by atoms with Crippen molar-refractivity contribution in [3.63, 3.8) is 0 Å². The van der Waals surface area contributed by atoms with Crippen LogP contribution in [-0.2, 0) is 4.79 Å². The maximum atomic E-state index is 12.4. The number of carbonyl (C=O) groups is 2. The monoisotopic (exact) mass is 290 g/mol. The molecule has 0 saturated carbocycles. The van der Waals surface area contributed by atoms with E-state index in [0.717, 1.165) is 24.2 Å². The van der Waals surface area contributed by atoms with Crippen LogP contribution in [0.2, 0.25) is 0 Å². The molecule has 1 saturated heterocycles. The predicted molar refractivity (Wildman–Crippen MR) is 80.7 cm³/mol. The first-order chi connectivity index (χ1) is 10.1. The molecule has 2 rings (SSSR count). The number of benzene rings is 1. The van der Waals surface area contributed by atoms with Gasteiger partial charge in [-0.15, -0.1) is 0 Å². The largest absolute Gasteiger partial charge is 0.352 e. The number of urea groups is 1. The number of hydrogen-bond donors (Lipinski definition) is 3. The second-order valence-corrected chi connectivity index (χ2v) is 5.25. The zero-order valence-electron chi connectivity index (χ0n) is 12.3. The van der Waals surface area contributed by atoms with Gasteiger partial charge in [0.05, 0.1) is 12.5 Å². The minimum atomic E-state index is -0.614. The molecule has 21 heavy (non-hydrogen) atoms. The molecule has 0 aromatic heterocycles. The molecule has 1 aliphatic rings. The first-order valence-corrected chi connectivity index (χ1v) is 7.18. The first-order valence-electron chi connectivity index (χ1n) is 7.18. The molecule has 0 aliphatic carbocycles. The summed E-state index contributed by atoms with van der Waals surface area (Å²) in [5.74, 6) is 0.0403. The molecule has 1 heterocycles. The van der Waals surface area contributed by atoms with Crippen molar-refractivity contribution in [1.29, 1.82) is 0 Å². The van der Waals surface area contributed by atoms with E-state index in [1.807, 2.05) is 36.1 Å². The van der Waals surface area contributed by atoms with Gasteiger partial charge in [-0.2, -0.15) is 0 Å². The third kappa shape index (κ3) is 4.19. The summed E-state index contributed by atoms with van der Waals surface area (Å²) in [4.78, 5) is 25.4. The van der Waals surface area contributed by atoms with Gasteiger partial charge < -0.3 is 21.3 Å². The summed E-state index contributed by atoms with van der Waals surface area (Å²) in [6.45, 7) is 4.99. The van der Waals surface area contributed by atoms with Crippen LogP contribution in [0.4, 0.5) is 4.79 Å². The summed E-state index contributed by atoms with van der Waals surface area (Å²) < 4.78 is 0. The predicted octanol–water partition coefficient (Wildman–Crippen LogP) is 0.526. The van der Waals surface area contributed by atoms with E-state index in [1.54, 1.807) is 0 Å². The Labute approximate surface area is 124 Å². The Morgan fingerprint density at radius 3 is 2.62 bits per heavy atom. The molecular weight excluding hydrogens is 268 g/mol. The molecule has 4 N–H and O–H groups in total. The highest BCUT2D eigenvalue weighted by molar-refractivity contribution is 5.79. The smallest absolute Gasteiger partial charge is 0.312 e. The fourth-order valence-corrected chi connectivity index (χ4v) is 2.61. The van der Waals surface area contributed by atoms with Crippen molar-refractivity contribution in [3.8, 4) is 0 Å². The molecule has 6 heteroatoms. The van der Waals surface area contributed by atoms with Crippen LogP contribution in [0.1, 0.15) is 23.6 Å². The van der Waals surface area contributed by atoms with E-state index in [-0.39, 0.29) is 18.4 Å². The summed E-state index contributed by atoms with van der Waals surface area (Å²) in [6.07, 6.45) is 0.230. The van der Waals surface area contributed by atoms with E-state index < -0.39 is 6.03 Å². The van der Waals surface area contributed by atoms with Crippen LogP contribution in [-0.4, -0.2) is 43.0 Å². The molecule has 0 spiro atoms. The number of nitrogens with two attached hydrogens (primary N) is 1. The van der Waals surface area contributed by atoms with E-state index >= 15 is 0 Å². The zero-order chi connectivity index (χ0) is 15.2. The van der Waals surface area contributed by atoms with Crippen LogP contribution >= 0.6 is 0 Å². The standard InChI is InChI=1S/C15H22N4O2/c1-11-4-2-3-5-12(11)13(18-15(16)21)10-14(20)19-8-6-17-7-9-19/h2-5,13,17H,6-10H2,1H3,(H3,16,18,21)/t13-/m0/s1. The topological polar surface area (TPSA) is 87.5 Å². The Kier molecular flexibility index (Phi) is 5.16. The SMILES string of the molecule is Cc1ccccc1[C@H](CC(=O)N1CCNCC1)NC(N)=O. The van der Waals surface area contributed by atoms with Crippen LogP contribution < -0.4 is 16.4 Å².